The second-order valence-corrected chi connectivity index (χ2v) is 3.78. The Morgan fingerprint density at radius 1 is 1.06 bits per heavy atom. The molecule has 1 heterocycles. The van der Waals surface area contributed by atoms with Crippen molar-refractivity contribution < 1.29 is 9.47 Å². The van der Waals surface area contributed by atoms with Crippen molar-refractivity contribution in [3.05, 3.63) is 40.8 Å². The zero-order valence-corrected chi connectivity index (χ0v) is 10.4. The highest BCUT2D eigenvalue weighted by Crippen LogP contribution is 2.30. The molecule has 0 saturated carbocycles. The van der Waals surface area contributed by atoms with Crippen LogP contribution in [-0.2, 0) is 0 Å². The summed E-state index contributed by atoms with van der Waals surface area (Å²) >= 11 is 11.4. The summed E-state index contributed by atoms with van der Waals surface area (Å²) in [5, 5.41) is 0.247. The predicted octanol–water partition coefficient (Wildman–Crippen LogP) is 3.58. The first-order valence-electron chi connectivity index (χ1n) is 4.70. The van der Waals surface area contributed by atoms with Crippen molar-refractivity contribution in [2.75, 3.05) is 7.11 Å². The molecule has 4 nitrogen and oxygen atoms in total. The quantitative estimate of drug-likeness (QED) is 0.632. The molecular formula is C11H8Cl2N2O2. The Morgan fingerprint density at radius 3 is 2.41 bits per heavy atom. The summed E-state index contributed by atoms with van der Waals surface area (Å²) in [6, 6.07) is 8.66. The van der Waals surface area contributed by atoms with Crippen LogP contribution < -0.4 is 9.47 Å². The number of benzene rings is 1. The number of hydrogen-bond acceptors (Lipinski definition) is 4. The van der Waals surface area contributed by atoms with Crippen LogP contribution in [0.5, 0.6) is 17.4 Å². The molecule has 0 atom stereocenters. The highest BCUT2D eigenvalue weighted by molar-refractivity contribution is 6.31. The second kappa shape index (κ2) is 5.21. The molecule has 0 amide bonds. The third kappa shape index (κ3) is 2.99. The van der Waals surface area contributed by atoms with Crippen LogP contribution in [0.2, 0.25) is 10.4 Å². The summed E-state index contributed by atoms with van der Waals surface area (Å²) in [5.74, 6) is 1.39. The third-order valence-corrected chi connectivity index (χ3v) is 2.29. The van der Waals surface area contributed by atoms with E-state index in [-0.39, 0.29) is 16.3 Å². The minimum Gasteiger partial charge on any atom is -0.493 e. The summed E-state index contributed by atoms with van der Waals surface area (Å²) in [7, 11) is 1.56. The number of methoxy groups -OCH3 is 1. The molecule has 0 spiro atoms. The average molecular weight is 271 g/mol. The zero-order chi connectivity index (χ0) is 12.3. The van der Waals surface area contributed by atoms with Gasteiger partial charge in [-0.3, -0.25) is 0 Å². The van der Waals surface area contributed by atoms with Crippen LogP contribution in [0.3, 0.4) is 0 Å². The van der Waals surface area contributed by atoms with E-state index in [1.807, 2.05) is 12.1 Å². The normalized spacial score (nSPS) is 10.1. The van der Waals surface area contributed by atoms with Crippen molar-refractivity contribution >= 4 is 23.2 Å². The maximum absolute atomic E-state index is 5.74. The number of aromatic nitrogens is 2. The molecule has 88 valence electrons. The zero-order valence-electron chi connectivity index (χ0n) is 8.85. The Bertz CT molecular complexity index is 514. The first kappa shape index (κ1) is 12.0. The number of hydrogen-bond donors (Lipinski definition) is 0. The molecule has 0 aliphatic carbocycles. The number of halogens is 2. The van der Waals surface area contributed by atoms with Crippen LogP contribution >= 0.6 is 23.2 Å². The molecule has 17 heavy (non-hydrogen) atoms. The number of ether oxygens (including phenoxy) is 2. The summed E-state index contributed by atoms with van der Waals surface area (Å²) in [6.07, 6.45) is 0. The van der Waals surface area contributed by atoms with E-state index in [1.165, 1.54) is 6.07 Å². The van der Waals surface area contributed by atoms with Crippen molar-refractivity contribution in [2.24, 2.45) is 0 Å². The van der Waals surface area contributed by atoms with Gasteiger partial charge in [0.05, 0.1) is 7.11 Å². The van der Waals surface area contributed by atoms with Gasteiger partial charge in [0, 0.05) is 6.07 Å². The van der Waals surface area contributed by atoms with Gasteiger partial charge in [0.25, 0.3) is 0 Å². The second-order valence-electron chi connectivity index (χ2n) is 3.05. The monoisotopic (exact) mass is 270 g/mol. The van der Waals surface area contributed by atoms with Crippen molar-refractivity contribution in [3.63, 3.8) is 0 Å². The molecule has 1 aromatic carbocycles. The van der Waals surface area contributed by atoms with Crippen LogP contribution in [0.15, 0.2) is 30.3 Å². The topological polar surface area (TPSA) is 44.2 Å². The van der Waals surface area contributed by atoms with E-state index in [4.69, 9.17) is 32.7 Å². The van der Waals surface area contributed by atoms with Crippen LogP contribution in [0, 0.1) is 0 Å². The van der Waals surface area contributed by atoms with Crippen LogP contribution in [0.25, 0.3) is 0 Å². The minimum absolute atomic E-state index is 0.0300. The van der Waals surface area contributed by atoms with Crippen LogP contribution in [0.4, 0.5) is 0 Å². The Balaban J connectivity index is 2.31. The first-order chi connectivity index (χ1) is 8.19. The highest BCUT2D eigenvalue weighted by Gasteiger charge is 2.07. The maximum Gasteiger partial charge on any atom is 0.227 e. The molecule has 0 aliphatic rings. The van der Waals surface area contributed by atoms with Gasteiger partial charge in [0.1, 0.15) is 5.15 Å². The van der Waals surface area contributed by atoms with Crippen molar-refractivity contribution in [1.82, 2.24) is 9.97 Å². The number of nitrogens with zero attached hydrogens (tertiary/aromatic N) is 2. The van der Waals surface area contributed by atoms with Gasteiger partial charge in [0.2, 0.25) is 11.2 Å². The average Bonchev–Trinajstić information content (AvgIpc) is 2.28. The van der Waals surface area contributed by atoms with E-state index in [0.717, 1.165) is 0 Å². The molecule has 0 unspecified atom stereocenters. The number of rotatable bonds is 3. The summed E-state index contributed by atoms with van der Waals surface area (Å²) < 4.78 is 10.7. The molecule has 0 aliphatic heterocycles. The third-order valence-electron chi connectivity index (χ3n) is 1.93. The lowest BCUT2D eigenvalue weighted by atomic mass is 10.3. The Hall–Kier alpha value is -1.52. The SMILES string of the molecule is COc1ccccc1Oc1cc(Cl)nc(Cl)n1. The van der Waals surface area contributed by atoms with E-state index < -0.39 is 0 Å². The van der Waals surface area contributed by atoms with E-state index in [2.05, 4.69) is 9.97 Å². The van der Waals surface area contributed by atoms with E-state index in [0.29, 0.717) is 11.5 Å². The smallest absolute Gasteiger partial charge is 0.227 e. The van der Waals surface area contributed by atoms with Crippen LogP contribution in [0.1, 0.15) is 0 Å². The molecule has 0 saturated heterocycles. The summed E-state index contributed by atoms with van der Waals surface area (Å²) in [6.45, 7) is 0. The fourth-order valence-corrected chi connectivity index (χ4v) is 1.63. The largest absolute Gasteiger partial charge is 0.493 e. The fourth-order valence-electron chi connectivity index (χ4n) is 1.24. The minimum atomic E-state index is 0.0300. The lowest BCUT2D eigenvalue weighted by molar-refractivity contribution is 0.374. The Kier molecular flexibility index (Phi) is 3.66. The molecule has 6 heteroatoms. The Morgan fingerprint density at radius 2 is 1.76 bits per heavy atom. The summed E-state index contributed by atoms with van der Waals surface area (Å²) in [5.41, 5.74) is 0. The van der Waals surface area contributed by atoms with Crippen molar-refractivity contribution in [2.45, 2.75) is 0 Å². The van der Waals surface area contributed by atoms with E-state index in [9.17, 15) is 0 Å². The van der Waals surface area contributed by atoms with Gasteiger partial charge in [0.15, 0.2) is 11.5 Å². The van der Waals surface area contributed by atoms with E-state index >= 15 is 0 Å². The first-order valence-corrected chi connectivity index (χ1v) is 5.45. The van der Waals surface area contributed by atoms with Crippen molar-refractivity contribution in [3.8, 4) is 17.4 Å². The molecule has 2 rings (SSSR count). The Labute approximate surface area is 108 Å². The van der Waals surface area contributed by atoms with Crippen molar-refractivity contribution in [1.29, 1.82) is 0 Å². The van der Waals surface area contributed by atoms with Gasteiger partial charge < -0.3 is 9.47 Å². The lowest BCUT2D eigenvalue weighted by Crippen LogP contribution is -1.93. The van der Waals surface area contributed by atoms with Gasteiger partial charge in [-0.25, -0.2) is 4.98 Å². The summed E-state index contributed by atoms with van der Waals surface area (Å²) in [4.78, 5) is 7.62. The lowest BCUT2D eigenvalue weighted by Gasteiger charge is -2.09. The number of para-hydroxylation sites is 2. The van der Waals surface area contributed by atoms with Gasteiger partial charge >= 0.3 is 0 Å². The standard InChI is InChI=1S/C11H8Cl2N2O2/c1-16-7-4-2-3-5-8(7)17-10-6-9(12)14-11(13)15-10/h2-6H,1H3. The van der Waals surface area contributed by atoms with E-state index in [1.54, 1.807) is 19.2 Å². The van der Waals surface area contributed by atoms with Gasteiger partial charge in [-0.05, 0) is 23.7 Å². The molecule has 0 bridgehead atoms. The molecule has 0 N–H and O–H groups in total. The molecule has 0 radical (unpaired) electrons. The maximum atomic E-state index is 5.74. The fraction of sp³-hybridized carbons (Fsp3) is 0.0909. The van der Waals surface area contributed by atoms with Gasteiger partial charge in [-0.1, -0.05) is 23.7 Å². The van der Waals surface area contributed by atoms with Gasteiger partial charge in [-0.15, -0.1) is 0 Å². The molecule has 1 aromatic heterocycles. The molecular weight excluding hydrogens is 263 g/mol. The molecule has 0 fully saturated rings. The van der Waals surface area contributed by atoms with Crippen LogP contribution in [-0.4, -0.2) is 17.1 Å². The molecule has 2 aromatic rings. The predicted molar refractivity (Wildman–Crippen MR) is 65.1 cm³/mol. The van der Waals surface area contributed by atoms with Gasteiger partial charge in [-0.2, -0.15) is 4.98 Å². The highest BCUT2D eigenvalue weighted by atomic mass is 35.5.